The Hall–Kier alpha value is -0.160. The highest BCUT2D eigenvalue weighted by molar-refractivity contribution is 9.10. The van der Waals surface area contributed by atoms with Gasteiger partial charge in [0.1, 0.15) is 0 Å². The van der Waals surface area contributed by atoms with Crippen LogP contribution in [0.5, 0.6) is 0 Å². The molecule has 2 aromatic rings. The van der Waals surface area contributed by atoms with Crippen molar-refractivity contribution in [2.24, 2.45) is 0 Å². The van der Waals surface area contributed by atoms with E-state index in [1.54, 1.807) is 11.3 Å². The van der Waals surface area contributed by atoms with Crippen molar-refractivity contribution in [3.8, 4) is 0 Å². The van der Waals surface area contributed by atoms with Gasteiger partial charge in [-0.3, -0.25) is 0 Å². The maximum atomic E-state index is 3.66. The average Bonchev–Trinajstić information content (AvgIpc) is 2.98. The predicted molar refractivity (Wildman–Crippen MR) is 85.8 cm³/mol. The molecular weight excluding hydrogens is 326 g/mol. The van der Waals surface area contributed by atoms with Gasteiger partial charge in [-0.05, 0) is 70.2 Å². The molecule has 0 radical (unpaired) electrons. The van der Waals surface area contributed by atoms with Crippen LogP contribution in [0.25, 0.3) is 0 Å². The highest BCUT2D eigenvalue weighted by Gasteiger charge is 2.11. The summed E-state index contributed by atoms with van der Waals surface area (Å²) in [5, 5.41) is 10.2. The molecule has 1 atom stereocenters. The van der Waals surface area contributed by atoms with Gasteiger partial charge in [0.05, 0.1) is 0 Å². The fourth-order valence-corrected chi connectivity index (χ4v) is 4.18. The standard InChI is InChI=1S/C14H18BrNS2/c1-2-4-16-13(6-11-3-5-17-9-11)8-14-7-12(15)10-18-14/h3,5,7,9-10,13,16H,2,4,6,8H2,1H3. The summed E-state index contributed by atoms with van der Waals surface area (Å²) in [6.07, 6.45) is 3.43. The van der Waals surface area contributed by atoms with E-state index in [1.807, 2.05) is 11.3 Å². The van der Waals surface area contributed by atoms with E-state index < -0.39 is 0 Å². The quantitative estimate of drug-likeness (QED) is 0.766. The predicted octanol–water partition coefficient (Wildman–Crippen LogP) is 4.73. The molecule has 1 N–H and O–H groups in total. The Morgan fingerprint density at radius 1 is 1.33 bits per heavy atom. The van der Waals surface area contributed by atoms with Crippen LogP contribution in [-0.4, -0.2) is 12.6 Å². The third-order valence-corrected chi connectivity index (χ3v) is 5.27. The molecule has 2 heterocycles. The van der Waals surface area contributed by atoms with Crippen molar-refractivity contribution in [3.05, 3.63) is 43.2 Å². The van der Waals surface area contributed by atoms with Crippen LogP contribution in [0.2, 0.25) is 0 Å². The van der Waals surface area contributed by atoms with Gasteiger partial charge >= 0.3 is 0 Å². The number of nitrogens with one attached hydrogen (secondary N) is 1. The van der Waals surface area contributed by atoms with Gasteiger partial charge in [0.2, 0.25) is 0 Å². The summed E-state index contributed by atoms with van der Waals surface area (Å²) in [6.45, 7) is 3.32. The minimum absolute atomic E-state index is 0.546. The van der Waals surface area contributed by atoms with E-state index in [2.05, 4.69) is 56.4 Å². The van der Waals surface area contributed by atoms with E-state index in [1.165, 1.54) is 21.3 Å². The molecule has 0 saturated carbocycles. The minimum Gasteiger partial charge on any atom is -0.313 e. The van der Waals surface area contributed by atoms with E-state index in [0.29, 0.717) is 6.04 Å². The van der Waals surface area contributed by atoms with E-state index in [0.717, 1.165) is 19.4 Å². The summed E-state index contributed by atoms with van der Waals surface area (Å²) in [7, 11) is 0. The smallest absolute Gasteiger partial charge is 0.0285 e. The first-order valence-electron chi connectivity index (χ1n) is 6.25. The zero-order valence-corrected chi connectivity index (χ0v) is 13.7. The normalized spacial score (nSPS) is 12.8. The molecule has 0 bridgehead atoms. The lowest BCUT2D eigenvalue weighted by atomic mass is 10.0. The van der Waals surface area contributed by atoms with Gasteiger partial charge in [-0.25, -0.2) is 0 Å². The van der Waals surface area contributed by atoms with Crippen LogP contribution >= 0.6 is 38.6 Å². The lowest BCUT2D eigenvalue weighted by Gasteiger charge is -2.17. The maximum absolute atomic E-state index is 3.66. The van der Waals surface area contributed by atoms with Crippen molar-refractivity contribution >= 4 is 38.6 Å². The summed E-state index contributed by atoms with van der Waals surface area (Å²) in [4.78, 5) is 1.45. The monoisotopic (exact) mass is 343 g/mol. The first-order chi connectivity index (χ1) is 8.78. The van der Waals surface area contributed by atoms with Crippen LogP contribution in [0.1, 0.15) is 23.8 Å². The lowest BCUT2D eigenvalue weighted by Crippen LogP contribution is -2.33. The molecule has 0 spiro atoms. The number of hydrogen-bond donors (Lipinski definition) is 1. The van der Waals surface area contributed by atoms with Crippen molar-refractivity contribution in [1.82, 2.24) is 5.32 Å². The second-order valence-corrected chi connectivity index (χ2v) is 7.11. The van der Waals surface area contributed by atoms with Crippen LogP contribution in [0.4, 0.5) is 0 Å². The molecule has 0 aliphatic heterocycles. The topological polar surface area (TPSA) is 12.0 Å². The molecular formula is C14H18BrNS2. The fourth-order valence-electron chi connectivity index (χ4n) is 1.96. The zero-order valence-electron chi connectivity index (χ0n) is 10.5. The van der Waals surface area contributed by atoms with Crippen molar-refractivity contribution in [1.29, 1.82) is 0 Å². The molecule has 1 unspecified atom stereocenters. The molecule has 0 aliphatic carbocycles. The van der Waals surface area contributed by atoms with Gasteiger partial charge in [0, 0.05) is 20.8 Å². The van der Waals surface area contributed by atoms with Gasteiger partial charge in [0.15, 0.2) is 0 Å². The van der Waals surface area contributed by atoms with Crippen molar-refractivity contribution in [3.63, 3.8) is 0 Å². The van der Waals surface area contributed by atoms with E-state index in [9.17, 15) is 0 Å². The van der Waals surface area contributed by atoms with Gasteiger partial charge in [0.25, 0.3) is 0 Å². The Morgan fingerprint density at radius 2 is 2.22 bits per heavy atom. The fraction of sp³-hybridized carbons (Fsp3) is 0.429. The SMILES string of the molecule is CCCNC(Cc1ccsc1)Cc1cc(Br)cs1. The highest BCUT2D eigenvalue weighted by atomic mass is 79.9. The van der Waals surface area contributed by atoms with Gasteiger partial charge in [-0.1, -0.05) is 6.92 Å². The van der Waals surface area contributed by atoms with E-state index in [-0.39, 0.29) is 0 Å². The summed E-state index contributed by atoms with van der Waals surface area (Å²) in [5.74, 6) is 0. The van der Waals surface area contributed by atoms with E-state index >= 15 is 0 Å². The molecule has 0 aliphatic rings. The molecule has 0 fully saturated rings. The molecule has 2 aromatic heterocycles. The lowest BCUT2D eigenvalue weighted by molar-refractivity contribution is 0.508. The van der Waals surface area contributed by atoms with Gasteiger partial charge < -0.3 is 5.32 Å². The van der Waals surface area contributed by atoms with Crippen LogP contribution < -0.4 is 5.32 Å². The Bertz CT molecular complexity index is 450. The molecule has 2 rings (SSSR count). The average molecular weight is 344 g/mol. The zero-order chi connectivity index (χ0) is 12.8. The first kappa shape index (κ1) is 14.3. The number of thiophene rings is 2. The Labute approximate surface area is 125 Å². The van der Waals surface area contributed by atoms with Crippen LogP contribution in [-0.2, 0) is 12.8 Å². The second-order valence-electron chi connectivity index (χ2n) is 4.42. The Balaban J connectivity index is 1.95. The molecule has 18 heavy (non-hydrogen) atoms. The first-order valence-corrected chi connectivity index (χ1v) is 8.87. The van der Waals surface area contributed by atoms with Crippen LogP contribution in [0.3, 0.4) is 0 Å². The Morgan fingerprint density at radius 3 is 2.83 bits per heavy atom. The molecule has 98 valence electrons. The molecule has 0 saturated heterocycles. The van der Waals surface area contributed by atoms with Gasteiger partial charge in [-0.15, -0.1) is 11.3 Å². The third-order valence-electron chi connectivity index (χ3n) is 2.81. The summed E-state index contributed by atoms with van der Waals surface area (Å²) in [6, 6.07) is 5.01. The number of rotatable bonds is 7. The summed E-state index contributed by atoms with van der Waals surface area (Å²) < 4.78 is 1.20. The van der Waals surface area contributed by atoms with Crippen molar-refractivity contribution < 1.29 is 0 Å². The highest BCUT2D eigenvalue weighted by Crippen LogP contribution is 2.22. The van der Waals surface area contributed by atoms with Crippen LogP contribution in [0, 0.1) is 0 Å². The molecule has 0 amide bonds. The maximum Gasteiger partial charge on any atom is 0.0285 e. The van der Waals surface area contributed by atoms with Gasteiger partial charge in [-0.2, -0.15) is 11.3 Å². The third kappa shape index (κ3) is 4.50. The van der Waals surface area contributed by atoms with Crippen molar-refractivity contribution in [2.75, 3.05) is 6.54 Å². The largest absolute Gasteiger partial charge is 0.313 e. The van der Waals surface area contributed by atoms with Crippen LogP contribution in [0.15, 0.2) is 32.7 Å². The van der Waals surface area contributed by atoms with Crippen molar-refractivity contribution in [2.45, 2.75) is 32.2 Å². The van der Waals surface area contributed by atoms with E-state index in [4.69, 9.17) is 0 Å². The number of hydrogen-bond acceptors (Lipinski definition) is 3. The molecule has 0 aromatic carbocycles. The molecule has 4 heteroatoms. The number of halogens is 1. The molecule has 1 nitrogen and oxygen atoms in total. The second kappa shape index (κ2) is 7.43. The Kier molecular flexibility index (Phi) is 5.89. The summed E-state index contributed by atoms with van der Waals surface area (Å²) >= 11 is 7.15. The summed E-state index contributed by atoms with van der Waals surface area (Å²) in [5.41, 5.74) is 1.45. The minimum atomic E-state index is 0.546.